The number of ether oxygens (including phenoxy) is 1. The van der Waals surface area contributed by atoms with E-state index >= 15 is 0 Å². The van der Waals surface area contributed by atoms with Gasteiger partial charge in [-0.2, -0.15) is 0 Å². The molecule has 0 fully saturated rings. The molecule has 0 aromatic heterocycles. The van der Waals surface area contributed by atoms with Crippen molar-refractivity contribution >= 4 is 39.1 Å². The lowest BCUT2D eigenvalue weighted by molar-refractivity contribution is -0.139. The quantitative estimate of drug-likeness (QED) is 0.340. The highest BCUT2D eigenvalue weighted by Gasteiger charge is 2.32. The predicted molar refractivity (Wildman–Crippen MR) is 149 cm³/mol. The molecule has 8 nitrogen and oxygen atoms in total. The molecule has 0 heterocycles. The summed E-state index contributed by atoms with van der Waals surface area (Å²) >= 11 is 6.34. The van der Waals surface area contributed by atoms with E-state index in [1.165, 1.54) is 17.0 Å². The average Bonchev–Trinajstić information content (AvgIpc) is 2.92. The molecule has 3 rings (SSSR count). The highest BCUT2D eigenvalue weighted by Crippen LogP contribution is 2.27. The van der Waals surface area contributed by atoms with E-state index in [0.29, 0.717) is 29.5 Å². The minimum absolute atomic E-state index is 0.0233. The molecule has 0 saturated heterocycles. The molecule has 0 saturated carbocycles. The molecule has 0 radical (unpaired) electrons. The highest BCUT2D eigenvalue weighted by molar-refractivity contribution is 7.92. The molecule has 2 amide bonds. The Balaban J connectivity index is 2.04. The number of carbonyl (C=O) groups is 2. The molecule has 0 spiro atoms. The lowest BCUT2D eigenvalue weighted by Gasteiger charge is -2.32. The fourth-order valence-corrected chi connectivity index (χ4v) is 5.46. The SMILES string of the molecule is CCNC(=O)C(C)N(Cc1ccccc1Cl)C(=O)CN(c1ccc(OCC)cc1)S(=O)(=O)c1ccc(F)cc1. The Labute approximate surface area is 233 Å². The maximum Gasteiger partial charge on any atom is 0.264 e. The molecular formula is C28H31ClFN3O5S. The van der Waals surface area contributed by atoms with Gasteiger partial charge >= 0.3 is 0 Å². The number of rotatable bonds is 12. The molecule has 3 aromatic carbocycles. The van der Waals surface area contributed by atoms with E-state index in [1.54, 1.807) is 50.2 Å². The van der Waals surface area contributed by atoms with Crippen molar-refractivity contribution in [3.63, 3.8) is 0 Å². The van der Waals surface area contributed by atoms with E-state index in [1.807, 2.05) is 6.92 Å². The van der Waals surface area contributed by atoms with Crippen molar-refractivity contribution in [2.45, 2.75) is 38.3 Å². The summed E-state index contributed by atoms with van der Waals surface area (Å²) in [4.78, 5) is 27.6. The first-order valence-corrected chi connectivity index (χ1v) is 14.2. The summed E-state index contributed by atoms with van der Waals surface area (Å²) in [7, 11) is -4.31. The van der Waals surface area contributed by atoms with Gasteiger partial charge in [0.1, 0.15) is 24.2 Å². The van der Waals surface area contributed by atoms with Crippen LogP contribution in [-0.2, 0) is 26.2 Å². The maximum absolute atomic E-state index is 13.8. The van der Waals surface area contributed by atoms with Crippen molar-refractivity contribution in [1.29, 1.82) is 0 Å². The summed E-state index contributed by atoms with van der Waals surface area (Å²) in [6.07, 6.45) is 0. The first-order valence-electron chi connectivity index (χ1n) is 12.4. The Kier molecular flexibility index (Phi) is 10.3. The number of hydrogen-bond donors (Lipinski definition) is 1. The predicted octanol–water partition coefficient (Wildman–Crippen LogP) is 4.63. The molecular weight excluding hydrogens is 545 g/mol. The van der Waals surface area contributed by atoms with Gasteiger partial charge in [0, 0.05) is 18.1 Å². The lowest BCUT2D eigenvalue weighted by Crippen LogP contribution is -2.51. The molecule has 1 N–H and O–H groups in total. The second-order valence-corrected chi connectivity index (χ2v) is 10.8. The van der Waals surface area contributed by atoms with Crippen molar-refractivity contribution in [1.82, 2.24) is 10.2 Å². The highest BCUT2D eigenvalue weighted by atomic mass is 35.5. The number of halogens is 2. The normalized spacial score (nSPS) is 11.9. The van der Waals surface area contributed by atoms with Crippen molar-refractivity contribution in [3.8, 4) is 5.75 Å². The Morgan fingerprint density at radius 2 is 1.64 bits per heavy atom. The van der Waals surface area contributed by atoms with E-state index in [4.69, 9.17) is 16.3 Å². The van der Waals surface area contributed by atoms with Crippen LogP contribution in [-0.4, -0.2) is 50.9 Å². The van der Waals surface area contributed by atoms with Crippen molar-refractivity contribution in [3.05, 3.63) is 89.2 Å². The standard InChI is InChI=1S/C28H31ClFN3O5S/c1-4-31-28(35)20(3)32(18-21-8-6-7-9-26(21)29)27(34)19-33(23-12-14-24(15-13-23)38-5-2)39(36,37)25-16-10-22(30)11-17-25/h6-17,20H,4-5,18-19H2,1-3H3,(H,31,35). The monoisotopic (exact) mass is 575 g/mol. The summed E-state index contributed by atoms with van der Waals surface area (Å²) in [5, 5.41) is 3.10. The number of hydrogen-bond acceptors (Lipinski definition) is 5. The van der Waals surface area contributed by atoms with Gasteiger partial charge in [0.2, 0.25) is 11.8 Å². The number of sulfonamides is 1. The van der Waals surface area contributed by atoms with Gasteiger partial charge in [-0.25, -0.2) is 12.8 Å². The van der Waals surface area contributed by atoms with E-state index < -0.39 is 40.2 Å². The van der Waals surface area contributed by atoms with Crippen molar-refractivity contribution < 1.29 is 27.1 Å². The number of nitrogens with zero attached hydrogens (tertiary/aromatic N) is 2. The average molecular weight is 576 g/mol. The molecule has 0 aliphatic rings. The zero-order chi connectivity index (χ0) is 28.6. The van der Waals surface area contributed by atoms with Gasteiger partial charge in [0.05, 0.1) is 17.2 Å². The molecule has 0 bridgehead atoms. The van der Waals surface area contributed by atoms with Gasteiger partial charge in [-0.3, -0.25) is 13.9 Å². The van der Waals surface area contributed by atoms with Crippen LogP contribution in [0.25, 0.3) is 0 Å². The van der Waals surface area contributed by atoms with Gasteiger partial charge in [0.25, 0.3) is 10.0 Å². The van der Waals surface area contributed by atoms with Crippen LogP contribution >= 0.6 is 11.6 Å². The molecule has 1 unspecified atom stereocenters. The second kappa shape index (κ2) is 13.4. The topological polar surface area (TPSA) is 96.0 Å². The number of benzene rings is 3. The van der Waals surface area contributed by atoms with E-state index in [-0.39, 0.29) is 17.1 Å². The van der Waals surface area contributed by atoms with Crippen LogP contribution in [0.4, 0.5) is 10.1 Å². The molecule has 0 aliphatic heterocycles. The van der Waals surface area contributed by atoms with Gasteiger partial charge in [0.15, 0.2) is 0 Å². The fourth-order valence-electron chi connectivity index (χ4n) is 3.85. The maximum atomic E-state index is 13.8. The number of amides is 2. The van der Waals surface area contributed by atoms with Crippen LogP contribution in [0.3, 0.4) is 0 Å². The summed E-state index contributed by atoms with van der Waals surface area (Å²) in [6, 6.07) is 16.5. The third kappa shape index (κ3) is 7.48. The largest absolute Gasteiger partial charge is 0.494 e. The van der Waals surface area contributed by atoms with Crippen molar-refractivity contribution in [2.24, 2.45) is 0 Å². The molecule has 208 valence electrons. The minimum Gasteiger partial charge on any atom is -0.494 e. The third-order valence-corrected chi connectivity index (χ3v) is 8.09. The van der Waals surface area contributed by atoms with Gasteiger partial charge < -0.3 is 15.0 Å². The Morgan fingerprint density at radius 3 is 2.23 bits per heavy atom. The number of nitrogens with one attached hydrogen (secondary N) is 1. The van der Waals surface area contributed by atoms with E-state index in [0.717, 1.165) is 28.6 Å². The van der Waals surface area contributed by atoms with E-state index in [2.05, 4.69) is 5.32 Å². The zero-order valence-electron chi connectivity index (χ0n) is 21.9. The number of carbonyl (C=O) groups excluding carboxylic acids is 2. The van der Waals surface area contributed by atoms with Gasteiger partial charge in [-0.05, 0) is 80.9 Å². The summed E-state index contributed by atoms with van der Waals surface area (Å²) in [5.74, 6) is -1.10. The molecule has 11 heteroatoms. The summed E-state index contributed by atoms with van der Waals surface area (Å²) in [5.41, 5.74) is 0.789. The van der Waals surface area contributed by atoms with Crippen LogP contribution in [0.2, 0.25) is 5.02 Å². The molecule has 0 aliphatic carbocycles. The summed E-state index contributed by atoms with van der Waals surface area (Å²) in [6.45, 7) is 5.27. The Bertz CT molecular complexity index is 1390. The molecule has 3 aromatic rings. The van der Waals surface area contributed by atoms with Crippen LogP contribution in [0.15, 0.2) is 77.7 Å². The van der Waals surface area contributed by atoms with Crippen LogP contribution < -0.4 is 14.4 Å². The first-order chi connectivity index (χ1) is 18.6. The Morgan fingerprint density at radius 1 is 1.00 bits per heavy atom. The van der Waals surface area contributed by atoms with Gasteiger partial charge in [-0.15, -0.1) is 0 Å². The van der Waals surface area contributed by atoms with Crippen LogP contribution in [0.1, 0.15) is 26.3 Å². The van der Waals surface area contributed by atoms with Crippen molar-refractivity contribution in [2.75, 3.05) is 24.0 Å². The van der Waals surface area contributed by atoms with Crippen LogP contribution in [0, 0.1) is 5.82 Å². The van der Waals surface area contributed by atoms with Gasteiger partial charge in [-0.1, -0.05) is 29.8 Å². The molecule has 1 atom stereocenters. The van der Waals surface area contributed by atoms with E-state index in [9.17, 15) is 22.4 Å². The Hall–Kier alpha value is -3.63. The van der Waals surface area contributed by atoms with Crippen LogP contribution in [0.5, 0.6) is 5.75 Å². The first kappa shape index (κ1) is 29.9. The zero-order valence-corrected chi connectivity index (χ0v) is 23.5. The summed E-state index contributed by atoms with van der Waals surface area (Å²) < 4.78 is 47.4. The fraction of sp³-hybridized carbons (Fsp3) is 0.286. The third-order valence-electron chi connectivity index (χ3n) is 5.93. The number of anilines is 1. The number of likely N-dealkylation sites (N-methyl/N-ethyl adjacent to an activating group) is 1. The smallest absolute Gasteiger partial charge is 0.264 e. The lowest BCUT2D eigenvalue weighted by atomic mass is 10.1. The minimum atomic E-state index is -4.31. The molecule has 39 heavy (non-hydrogen) atoms. The second-order valence-electron chi connectivity index (χ2n) is 8.58.